The van der Waals surface area contributed by atoms with E-state index in [0.717, 1.165) is 25.7 Å². The molecule has 0 atom stereocenters. The van der Waals surface area contributed by atoms with Gasteiger partial charge in [0.05, 0.1) is 5.39 Å². The van der Waals surface area contributed by atoms with Crippen molar-refractivity contribution in [3.63, 3.8) is 0 Å². The summed E-state index contributed by atoms with van der Waals surface area (Å²) in [6, 6.07) is 7.10. The van der Waals surface area contributed by atoms with E-state index in [4.69, 9.17) is 4.52 Å². The van der Waals surface area contributed by atoms with E-state index in [2.05, 4.69) is 20.6 Å². The van der Waals surface area contributed by atoms with Crippen LogP contribution in [0.25, 0.3) is 10.8 Å². The Balaban J connectivity index is 1.78. The molecule has 1 aliphatic carbocycles. The third kappa shape index (κ3) is 3.54. The molecule has 0 aliphatic heterocycles. The Bertz CT molecular complexity index is 1110. The summed E-state index contributed by atoms with van der Waals surface area (Å²) >= 11 is 0. The molecule has 1 amide bonds. The predicted octanol–water partition coefficient (Wildman–Crippen LogP) is 2.94. The fraction of sp³-hybridized carbons (Fsp3) is 0.476. The number of hydrogen-bond donors (Lipinski definition) is 1. The Morgan fingerprint density at radius 2 is 1.93 bits per heavy atom. The molecule has 1 fully saturated rings. The normalized spacial score (nSPS) is 15.9. The van der Waals surface area contributed by atoms with Gasteiger partial charge in [0.15, 0.2) is 11.5 Å². The average Bonchev–Trinajstić information content (AvgIpc) is 3.33. The number of aromatic nitrogens is 4. The van der Waals surface area contributed by atoms with Gasteiger partial charge < -0.3 is 9.84 Å². The maximum atomic E-state index is 13.4. The quantitative estimate of drug-likeness (QED) is 0.712. The topological polar surface area (TPSA) is 103 Å². The van der Waals surface area contributed by atoms with E-state index in [9.17, 15) is 9.59 Å². The van der Waals surface area contributed by atoms with Crippen molar-refractivity contribution in [2.45, 2.75) is 58.5 Å². The molecular formula is C21H25N5O3. The minimum absolute atomic E-state index is 0.185. The van der Waals surface area contributed by atoms with Gasteiger partial charge in [-0.15, -0.1) is 0 Å². The number of nitrogens with zero attached hydrogens (tertiary/aromatic N) is 4. The SMILES string of the molecule is Cc1nc(C2(NC(=O)c3nn(CC(C)C)c(=O)c4ccccc34)CCCC2)no1. The van der Waals surface area contributed by atoms with E-state index in [1.165, 1.54) is 4.68 Å². The highest BCUT2D eigenvalue weighted by Gasteiger charge is 2.42. The van der Waals surface area contributed by atoms with Crippen molar-refractivity contribution in [1.29, 1.82) is 0 Å². The van der Waals surface area contributed by atoms with Gasteiger partial charge in [0, 0.05) is 18.9 Å². The van der Waals surface area contributed by atoms with Crippen molar-refractivity contribution >= 4 is 16.7 Å². The van der Waals surface area contributed by atoms with Crippen molar-refractivity contribution in [2.24, 2.45) is 5.92 Å². The van der Waals surface area contributed by atoms with E-state index in [1.807, 2.05) is 13.8 Å². The molecule has 152 valence electrons. The van der Waals surface area contributed by atoms with Crippen LogP contribution in [0.1, 0.15) is 61.7 Å². The van der Waals surface area contributed by atoms with Crippen molar-refractivity contribution in [1.82, 2.24) is 25.2 Å². The lowest BCUT2D eigenvalue weighted by Crippen LogP contribution is -2.45. The van der Waals surface area contributed by atoms with E-state index in [1.54, 1.807) is 31.2 Å². The van der Waals surface area contributed by atoms with Crippen LogP contribution in [0, 0.1) is 12.8 Å². The summed E-state index contributed by atoms with van der Waals surface area (Å²) < 4.78 is 6.56. The fourth-order valence-corrected chi connectivity index (χ4v) is 4.03. The molecular weight excluding hydrogens is 370 g/mol. The Morgan fingerprint density at radius 1 is 1.24 bits per heavy atom. The van der Waals surface area contributed by atoms with Gasteiger partial charge >= 0.3 is 0 Å². The van der Waals surface area contributed by atoms with Crippen LogP contribution in [0.15, 0.2) is 33.6 Å². The van der Waals surface area contributed by atoms with Gasteiger partial charge in [0.25, 0.3) is 11.5 Å². The van der Waals surface area contributed by atoms with Crippen molar-refractivity contribution < 1.29 is 9.32 Å². The molecule has 3 aromatic rings. The molecule has 1 N–H and O–H groups in total. The predicted molar refractivity (Wildman–Crippen MR) is 107 cm³/mol. The molecule has 4 rings (SSSR count). The molecule has 1 aliphatic rings. The van der Waals surface area contributed by atoms with E-state index in [0.29, 0.717) is 29.0 Å². The number of nitrogens with one attached hydrogen (secondary N) is 1. The Kier molecular flexibility index (Phi) is 4.94. The molecule has 0 unspecified atom stereocenters. The van der Waals surface area contributed by atoms with Gasteiger partial charge in [-0.3, -0.25) is 9.59 Å². The highest BCUT2D eigenvalue weighted by atomic mass is 16.5. The lowest BCUT2D eigenvalue weighted by atomic mass is 9.96. The number of aryl methyl sites for hydroxylation is 1. The van der Waals surface area contributed by atoms with E-state index < -0.39 is 5.54 Å². The lowest BCUT2D eigenvalue weighted by Gasteiger charge is -2.26. The van der Waals surface area contributed by atoms with Crippen molar-refractivity contribution in [3.05, 3.63) is 52.0 Å². The summed E-state index contributed by atoms with van der Waals surface area (Å²) in [5.74, 6) is 0.860. The minimum atomic E-state index is -0.670. The fourth-order valence-electron chi connectivity index (χ4n) is 4.03. The Morgan fingerprint density at radius 3 is 2.55 bits per heavy atom. The van der Waals surface area contributed by atoms with E-state index in [-0.39, 0.29) is 23.1 Å². The molecule has 2 aromatic heterocycles. The molecule has 1 aromatic carbocycles. The summed E-state index contributed by atoms with van der Waals surface area (Å²) in [6.45, 7) is 6.20. The average molecular weight is 395 g/mol. The largest absolute Gasteiger partial charge is 0.340 e. The molecule has 0 bridgehead atoms. The van der Waals surface area contributed by atoms with Gasteiger partial charge in [-0.1, -0.05) is 50.0 Å². The van der Waals surface area contributed by atoms with Crippen LogP contribution in [-0.2, 0) is 12.1 Å². The van der Waals surface area contributed by atoms with Gasteiger partial charge in [-0.25, -0.2) is 4.68 Å². The van der Waals surface area contributed by atoms with Crippen LogP contribution in [0.5, 0.6) is 0 Å². The van der Waals surface area contributed by atoms with Crippen LogP contribution in [0.3, 0.4) is 0 Å². The second-order valence-electron chi connectivity index (χ2n) is 8.16. The molecule has 0 spiro atoms. The molecule has 0 saturated heterocycles. The number of fused-ring (bicyclic) bond motifs is 1. The number of amides is 1. The zero-order chi connectivity index (χ0) is 20.6. The number of rotatable bonds is 5. The third-order valence-corrected chi connectivity index (χ3v) is 5.39. The van der Waals surface area contributed by atoms with Crippen LogP contribution in [0.4, 0.5) is 0 Å². The number of benzene rings is 1. The molecule has 8 heteroatoms. The number of carbonyl (C=O) groups is 1. The maximum Gasteiger partial charge on any atom is 0.274 e. The first-order valence-electron chi connectivity index (χ1n) is 10.0. The first-order valence-corrected chi connectivity index (χ1v) is 10.0. The zero-order valence-corrected chi connectivity index (χ0v) is 16.9. The van der Waals surface area contributed by atoms with Gasteiger partial charge in [-0.2, -0.15) is 10.1 Å². The first kappa shape index (κ1) is 19.3. The Labute approximate surface area is 168 Å². The van der Waals surface area contributed by atoms with Gasteiger partial charge in [0.1, 0.15) is 5.54 Å². The third-order valence-electron chi connectivity index (χ3n) is 5.39. The molecule has 29 heavy (non-hydrogen) atoms. The monoisotopic (exact) mass is 395 g/mol. The maximum absolute atomic E-state index is 13.4. The molecule has 2 heterocycles. The summed E-state index contributed by atoms with van der Waals surface area (Å²) in [5, 5.41) is 12.7. The van der Waals surface area contributed by atoms with Gasteiger partial charge in [0.2, 0.25) is 5.89 Å². The van der Waals surface area contributed by atoms with Crippen LogP contribution in [-0.4, -0.2) is 25.8 Å². The summed E-state index contributed by atoms with van der Waals surface area (Å²) in [7, 11) is 0. The summed E-state index contributed by atoms with van der Waals surface area (Å²) in [6.07, 6.45) is 3.41. The standard InChI is InChI=1S/C21H25N5O3/c1-13(2)12-26-19(28)16-9-5-4-8-15(16)17(24-26)18(27)23-21(10-6-7-11-21)20-22-14(3)29-25-20/h4-5,8-9,13H,6-7,10-12H2,1-3H3,(H,23,27). The van der Waals surface area contributed by atoms with E-state index >= 15 is 0 Å². The van der Waals surface area contributed by atoms with Crippen LogP contribution < -0.4 is 10.9 Å². The molecule has 1 saturated carbocycles. The molecule has 8 nitrogen and oxygen atoms in total. The summed E-state index contributed by atoms with van der Waals surface area (Å²) in [5.41, 5.74) is -0.612. The highest BCUT2D eigenvalue weighted by molar-refractivity contribution is 6.05. The van der Waals surface area contributed by atoms with Gasteiger partial charge in [-0.05, 0) is 24.8 Å². The lowest BCUT2D eigenvalue weighted by molar-refractivity contribution is 0.0886. The number of carbonyl (C=O) groups excluding carboxylic acids is 1. The van der Waals surface area contributed by atoms with Crippen molar-refractivity contribution in [2.75, 3.05) is 0 Å². The smallest absolute Gasteiger partial charge is 0.274 e. The van der Waals surface area contributed by atoms with Crippen LogP contribution >= 0.6 is 0 Å². The second kappa shape index (κ2) is 7.42. The highest BCUT2D eigenvalue weighted by Crippen LogP contribution is 2.37. The molecule has 0 radical (unpaired) electrons. The number of hydrogen-bond acceptors (Lipinski definition) is 6. The zero-order valence-electron chi connectivity index (χ0n) is 16.9. The minimum Gasteiger partial charge on any atom is -0.340 e. The van der Waals surface area contributed by atoms with Crippen LogP contribution in [0.2, 0.25) is 0 Å². The Hall–Kier alpha value is -3.03. The van der Waals surface area contributed by atoms with Crippen molar-refractivity contribution in [3.8, 4) is 0 Å². The second-order valence-corrected chi connectivity index (χ2v) is 8.16. The first-order chi connectivity index (χ1) is 13.9. The summed E-state index contributed by atoms with van der Waals surface area (Å²) in [4.78, 5) is 30.6.